The van der Waals surface area contributed by atoms with Gasteiger partial charge in [0.05, 0.1) is 34.8 Å². The van der Waals surface area contributed by atoms with Gasteiger partial charge in [0.1, 0.15) is 29.2 Å². The fraction of sp³-hybridized carbons (Fsp3) is 0.433. The van der Waals surface area contributed by atoms with Gasteiger partial charge in [0.25, 0.3) is 5.56 Å². The number of alkyl halides is 3. The fourth-order valence-corrected chi connectivity index (χ4v) is 6.99. The largest absolute Gasteiger partial charge is 0.395 e. The molecule has 45 heavy (non-hydrogen) atoms. The van der Waals surface area contributed by atoms with Crippen LogP contribution in [0, 0.1) is 10.8 Å². The smallest absolute Gasteiger partial charge is 0.369 e. The van der Waals surface area contributed by atoms with Crippen LogP contribution in [0.25, 0.3) is 21.7 Å². The molecule has 0 saturated heterocycles. The van der Waals surface area contributed by atoms with E-state index >= 15 is 0 Å². The first-order chi connectivity index (χ1) is 21.2. The molecule has 0 aliphatic heterocycles. The van der Waals surface area contributed by atoms with Crippen LogP contribution in [-0.4, -0.2) is 52.4 Å². The van der Waals surface area contributed by atoms with Gasteiger partial charge in [-0.05, 0) is 56.2 Å². The van der Waals surface area contributed by atoms with Crippen LogP contribution in [-0.2, 0) is 12.6 Å². The first kappa shape index (κ1) is 29.4. The van der Waals surface area contributed by atoms with Gasteiger partial charge >= 0.3 is 6.18 Å². The van der Waals surface area contributed by atoms with Crippen molar-refractivity contribution in [3.8, 4) is 0 Å². The summed E-state index contributed by atoms with van der Waals surface area (Å²) in [5.74, 6) is 0.481. The maximum absolute atomic E-state index is 13.6. The highest BCUT2D eigenvalue weighted by molar-refractivity contribution is 6.34. The van der Waals surface area contributed by atoms with E-state index in [1.54, 1.807) is 31.4 Å². The van der Waals surface area contributed by atoms with Gasteiger partial charge in [0.2, 0.25) is 0 Å². The molecule has 5 aromatic rings. The number of nitrogens with zero attached hydrogens (tertiary/aromatic N) is 8. The number of anilines is 2. The number of rotatable bonds is 8. The Bertz CT molecular complexity index is 2020. The van der Waals surface area contributed by atoms with Crippen molar-refractivity contribution >= 4 is 44.9 Å². The lowest BCUT2D eigenvalue weighted by Gasteiger charge is -2.68. The standard InChI is InChI=1S/C30H30ClF3N10O/c1-27(2,30(32,33)34)14-35-25-18-8-21(40-24(31)23(18)36-15-37-25)39-22(16-6-5-7-17-19(16)9-38-43(4)26(17)45)20-10-44(42-41-20)29-11-28(3,12-29)13-29/h5-10,15,22H,11-14H2,1-4H3,(H,39,40)(H,35,36,37)/t22-,28?,29?/m0/s1. The monoisotopic (exact) mass is 638 g/mol. The lowest BCUT2D eigenvalue weighted by molar-refractivity contribution is -0.206. The normalized spacial score (nSPS) is 21.8. The van der Waals surface area contributed by atoms with E-state index in [1.807, 2.05) is 16.9 Å². The molecule has 0 spiro atoms. The van der Waals surface area contributed by atoms with Crippen molar-refractivity contribution in [3.05, 3.63) is 69.8 Å². The molecule has 3 aliphatic rings. The van der Waals surface area contributed by atoms with E-state index in [2.05, 4.69) is 47.9 Å². The molecular formula is C30H30ClF3N10O. The minimum atomic E-state index is -4.43. The maximum atomic E-state index is 13.6. The van der Waals surface area contributed by atoms with Gasteiger partial charge in [-0.1, -0.05) is 35.9 Å². The van der Waals surface area contributed by atoms with Crippen LogP contribution in [0.15, 0.2) is 47.8 Å². The van der Waals surface area contributed by atoms with Crippen LogP contribution >= 0.6 is 11.6 Å². The lowest BCUT2D eigenvalue weighted by atomic mass is 9.40. The van der Waals surface area contributed by atoms with Crippen molar-refractivity contribution in [3.63, 3.8) is 0 Å². The van der Waals surface area contributed by atoms with Gasteiger partial charge in [-0.15, -0.1) is 5.10 Å². The van der Waals surface area contributed by atoms with Crippen molar-refractivity contribution < 1.29 is 13.2 Å². The molecule has 1 atom stereocenters. The molecule has 2 bridgehead atoms. The van der Waals surface area contributed by atoms with E-state index in [9.17, 15) is 18.0 Å². The number of nitrogens with one attached hydrogen (secondary N) is 2. The highest BCUT2D eigenvalue weighted by atomic mass is 35.5. The second-order valence-electron chi connectivity index (χ2n) is 13.3. The highest BCUT2D eigenvalue weighted by Gasteiger charge is 2.67. The predicted octanol–water partition coefficient (Wildman–Crippen LogP) is 5.62. The Morgan fingerprint density at radius 2 is 1.87 bits per heavy atom. The fourth-order valence-electron chi connectivity index (χ4n) is 6.75. The Kier molecular flexibility index (Phi) is 6.42. The summed E-state index contributed by atoms with van der Waals surface area (Å²) < 4.78 is 43.9. The molecule has 234 valence electrons. The number of hydrogen-bond donors (Lipinski definition) is 2. The summed E-state index contributed by atoms with van der Waals surface area (Å²) in [6.07, 6.45) is 3.47. The molecule has 1 aromatic carbocycles. The zero-order valence-corrected chi connectivity index (χ0v) is 25.7. The molecule has 15 heteroatoms. The second kappa shape index (κ2) is 9.83. The average Bonchev–Trinajstić information content (AvgIpc) is 3.44. The molecule has 0 radical (unpaired) electrons. The topological polar surface area (TPSA) is 128 Å². The first-order valence-corrected chi connectivity index (χ1v) is 14.8. The second-order valence-corrected chi connectivity index (χ2v) is 13.6. The zero-order chi connectivity index (χ0) is 31.9. The van der Waals surface area contributed by atoms with Gasteiger partial charge in [-0.3, -0.25) is 4.79 Å². The number of benzene rings is 1. The van der Waals surface area contributed by atoms with Gasteiger partial charge in [0.15, 0.2) is 5.15 Å². The Hall–Kier alpha value is -4.33. The summed E-state index contributed by atoms with van der Waals surface area (Å²) in [4.78, 5) is 25.9. The van der Waals surface area contributed by atoms with Crippen LogP contribution < -0.4 is 16.2 Å². The highest BCUT2D eigenvalue weighted by Crippen LogP contribution is 2.70. The number of aryl methyl sites for hydroxylation is 1. The van der Waals surface area contributed by atoms with E-state index < -0.39 is 24.2 Å². The van der Waals surface area contributed by atoms with Gasteiger partial charge in [0, 0.05) is 24.4 Å². The molecular weight excluding hydrogens is 609 g/mol. The molecule has 8 rings (SSSR count). The first-order valence-electron chi connectivity index (χ1n) is 14.4. The van der Waals surface area contributed by atoms with Crippen molar-refractivity contribution in [1.82, 2.24) is 39.7 Å². The van der Waals surface area contributed by atoms with Crippen LogP contribution in [0.5, 0.6) is 0 Å². The average molecular weight is 639 g/mol. The third-order valence-electron chi connectivity index (χ3n) is 9.23. The quantitative estimate of drug-likeness (QED) is 0.208. The summed E-state index contributed by atoms with van der Waals surface area (Å²) in [7, 11) is 1.59. The van der Waals surface area contributed by atoms with Crippen molar-refractivity contribution in [2.45, 2.75) is 57.8 Å². The van der Waals surface area contributed by atoms with E-state index in [-0.39, 0.29) is 27.6 Å². The molecule has 4 aromatic heterocycles. The molecule has 0 amide bonds. The third kappa shape index (κ3) is 4.77. The molecule has 0 unspecified atom stereocenters. The van der Waals surface area contributed by atoms with Crippen LogP contribution in [0.3, 0.4) is 0 Å². The molecule has 2 N–H and O–H groups in total. The molecule has 3 saturated carbocycles. The Balaban J connectivity index is 1.31. The number of hydrogen-bond acceptors (Lipinski definition) is 9. The lowest BCUT2D eigenvalue weighted by Crippen LogP contribution is -2.66. The number of fused-ring (bicyclic) bond motifs is 2. The Morgan fingerprint density at radius 1 is 1.11 bits per heavy atom. The summed E-state index contributed by atoms with van der Waals surface area (Å²) >= 11 is 6.58. The van der Waals surface area contributed by atoms with Crippen molar-refractivity contribution in [2.24, 2.45) is 17.9 Å². The summed E-state index contributed by atoms with van der Waals surface area (Å²) in [5, 5.41) is 21.1. The summed E-state index contributed by atoms with van der Waals surface area (Å²) in [6, 6.07) is 6.39. The van der Waals surface area contributed by atoms with Crippen molar-refractivity contribution in [1.29, 1.82) is 0 Å². The molecule has 4 heterocycles. The summed E-state index contributed by atoms with van der Waals surface area (Å²) in [5.41, 5.74) is -0.362. The molecule has 3 aliphatic carbocycles. The number of aromatic nitrogens is 8. The Labute approximate surface area is 260 Å². The minimum Gasteiger partial charge on any atom is -0.369 e. The Morgan fingerprint density at radius 3 is 2.58 bits per heavy atom. The zero-order valence-electron chi connectivity index (χ0n) is 24.9. The van der Waals surface area contributed by atoms with E-state index in [0.29, 0.717) is 38.6 Å². The van der Waals surface area contributed by atoms with Crippen LogP contribution in [0.1, 0.15) is 57.3 Å². The van der Waals surface area contributed by atoms with Crippen LogP contribution in [0.2, 0.25) is 5.15 Å². The summed E-state index contributed by atoms with van der Waals surface area (Å²) in [6.45, 7) is 4.08. The van der Waals surface area contributed by atoms with E-state index in [1.165, 1.54) is 11.0 Å². The minimum absolute atomic E-state index is 0.0343. The van der Waals surface area contributed by atoms with Gasteiger partial charge in [-0.25, -0.2) is 24.3 Å². The number of halogens is 4. The van der Waals surface area contributed by atoms with E-state index in [0.717, 1.165) is 33.1 Å². The maximum Gasteiger partial charge on any atom is 0.395 e. The predicted molar refractivity (Wildman–Crippen MR) is 163 cm³/mol. The number of pyridine rings is 1. The van der Waals surface area contributed by atoms with E-state index in [4.69, 9.17) is 11.6 Å². The molecule has 11 nitrogen and oxygen atoms in total. The van der Waals surface area contributed by atoms with Crippen LogP contribution in [0.4, 0.5) is 24.8 Å². The van der Waals surface area contributed by atoms with Gasteiger partial charge in [-0.2, -0.15) is 18.3 Å². The molecule has 3 fully saturated rings. The third-order valence-corrected chi connectivity index (χ3v) is 9.50. The SMILES string of the molecule is Cn1ncc2c([C@H](Nc3cc4c(NCC(C)(C)C(F)(F)F)ncnc4c(Cl)n3)c3cn(C45CC(C)(C4)C5)nn3)cccc2c1=O. The van der Waals surface area contributed by atoms with Gasteiger partial charge < -0.3 is 10.6 Å². The van der Waals surface area contributed by atoms with Crippen molar-refractivity contribution in [2.75, 3.05) is 17.2 Å².